The van der Waals surface area contributed by atoms with E-state index >= 15 is 0 Å². The predicted molar refractivity (Wildman–Crippen MR) is 101 cm³/mol. The van der Waals surface area contributed by atoms with Gasteiger partial charge in [-0.2, -0.15) is 0 Å². The Kier molecular flexibility index (Phi) is 5.66. The van der Waals surface area contributed by atoms with Crippen molar-refractivity contribution in [1.29, 1.82) is 0 Å². The van der Waals surface area contributed by atoms with E-state index < -0.39 is 0 Å². The molecule has 0 radical (unpaired) electrons. The summed E-state index contributed by atoms with van der Waals surface area (Å²) in [5.74, 6) is 1.80. The monoisotopic (exact) mass is 352 g/mol. The van der Waals surface area contributed by atoms with Crippen LogP contribution in [0.2, 0.25) is 0 Å². The van der Waals surface area contributed by atoms with Gasteiger partial charge in [0.05, 0.1) is 20.3 Å². The van der Waals surface area contributed by atoms with Gasteiger partial charge in [-0.1, -0.05) is 17.2 Å². The van der Waals surface area contributed by atoms with Crippen molar-refractivity contribution in [2.45, 2.75) is 37.8 Å². The molecule has 2 aliphatic carbocycles. The topological polar surface area (TPSA) is 93.2 Å². The van der Waals surface area contributed by atoms with E-state index in [4.69, 9.17) is 20.7 Å². The normalized spacial score (nSPS) is 19.5. The van der Waals surface area contributed by atoms with E-state index in [0.29, 0.717) is 0 Å². The molecule has 0 saturated carbocycles. The minimum atomic E-state index is 0.0147. The van der Waals surface area contributed by atoms with Gasteiger partial charge in [-0.25, -0.2) is 0 Å². The van der Waals surface area contributed by atoms with Gasteiger partial charge in [-0.15, -0.1) is 0 Å². The molecule has 0 saturated heterocycles. The smallest absolute Gasteiger partial charge is 0.119 e. The van der Waals surface area contributed by atoms with E-state index in [9.17, 15) is 0 Å². The number of methoxy groups -OCH3 is 2. The van der Waals surface area contributed by atoms with Gasteiger partial charge in [0, 0.05) is 11.0 Å². The lowest BCUT2D eigenvalue weighted by Gasteiger charge is -2.05. The van der Waals surface area contributed by atoms with Gasteiger partial charge in [-0.3, -0.25) is 0 Å². The van der Waals surface area contributed by atoms with E-state index in [0.717, 1.165) is 42.7 Å². The minimum Gasteiger partial charge on any atom is -0.497 e. The Balaban J connectivity index is 0.000000152. The van der Waals surface area contributed by atoms with Gasteiger partial charge in [0.1, 0.15) is 11.5 Å². The molecule has 26 heavy (non-hydrogen) atoms. The molecule has 0 aromatic heterocycles. The largest absolute Gasteiger partial charge is 0.497 e. The second kappa shape index (κ2) is 8.13. The first kappa shape index (κ1) is 18.1. The van der Waals surface area contributed by atoms with Crippen molar-refractivity contribution in [1.82, 2.24) is 0 Å². The first-order chi connectivity index (χ1) is 12.7. The maximum atomic E-state index is 8.39. The van der Waals surface area contributed by atoms with Crippen LogP contribution in [0.15, 0.2) is 41.5 Å². The highest BCUT2D eigenvalue weighted by atomic mass is 16.5. The Morgan fingerprint density at radius 3 is 2.15 bits per heavy atom. The lowest BCUT2D eigenvalue weighted by molar-refractivity contribution is 0.414. The zero-order valence-corrected chi connectivity index (χ0v) is 15.2. The third-order valence-corrected chi connectivity index (χ3v) is 5.06. The highest BCUT2D eigenvalue weighted by molar-refractivity contribution is 5.41. The Bertz CT molecular complexity index is 831. The summed E-state index contributed by atoms with van der Waals surface area (Å²) in [6.07, 6.45) is 4.04. The number of hydrogen-bond donors (Lipinski definition) is 1. The maximum Gasteiger partial charge on any atom is 0.119 e. The highest BCUT2D eigenvalue weighted by Gasteiger charge is 2.21. The van der Waals surface area contributed by atoms with Crippen LogP contribution in [-0.4, -0.2) is 14.2 Å². The number of nitrogens with two attached hydrogens (primary N) is 1. The van der Waals surface area contributed by atoms with E-state index in [1.165, 1.54) is 16.7 Å². The van der Waals surface area contributed by atoms with E-state index in [1.807, 2.05) is 24.3 Å². The average molecular weight is 352 g/mol. The molecule has 0 amide bonds. The fourth-order valence-electron chi connectivity index (χ4n) is 3.63. The zero-order valence-electron chi connectivity index (χ0n) is 15.2. The molecule has 2 aromatic carbocycles. The number of nitrogens with zero attached hydrogens (tertiary/aromatic N) is 3. The molecule has 2 atom stereocenters. The number of ether oxygens (including phenoxy) is 2. The molecule has 0 aliphatic heterocycles. The SMILES string of the molecule is COc1ccc2c(c1)CCC2N.COc1ccc2c(c1)CCC2N=[N+]=[N-]. The Morgan fingerprint density at radius 1 is 0.962 bits per heavy atom. The van der Waals surface area contributed by atoms with Gasteiger partial charge in [0.25, 0.3) is 0 Å². The molecule has 0 heterocycles. The summed E-state index contributed by atoms with van der Waals surface area (Å²) in [6, 6.07) is 12.3. The lowest BCUT2D eigenvalue weighted by atomic mass is 10.1. The molecular weight excluding hydrogens is 328 g/mol. The second-order valence-corrected chi connectivity index (χ2v) is 6.53. The number of rotatable bonds is 3. The molecule has 4 rings (SSSR count). The fourth-order valence-corrected chi connectivity index (χ4v) is 3.63. The summed E-state index contributed by atoms with van der Waals surface area (Å²) < 4.78 is 10.3. The van der Waals surface area contributed by atoms with Crippen LogP contribution in [0.4, 0.5) is 0 Å². The maximum absolute atomic E-state index is 8.39. The van der Waals surface area contributed by atoms with Gasteiger partial charge in [-0.05, 0) is 77.7 Å². The summed E-state index contributed by atoms with van der Waals surface area (Å²) >= 11 is 0. The van der Waals surface area contributed by atoms with E-state index in [2.05, 4.69) is 22.2 Å². The van der Waals surface area contributed by atoms with E-state index in [-0.39, 0.29) is 12.1 Å². The van der Waals surface area contributed by atoms with Crippen molar-refractivity contribution < 1.29 is 9.47 Å². The van der Waals surface area contributed by atoms with Crippen molar-refractivity contribution >= 4 is 0 Å². The first-order valence-corrected chi connectivity index (χ1v) is 8.79. The first-order valence-electron chi connectivity index (χ1n) is 8.79. The van der Waals surface area contributed by atoms with Crippen LogP contribution >= 0.6 is 0 Å². The molecule has 0 fully saturated rings. The second-order valence-electron chi connectivity index (χ2n) is 6.53. The van der Waals surface area contributed by atoms with Crippen LogP contribution in [-0.2, 0) is 12.8 Å². The summed E-state index contributed by atoms with van der Waals surface area (Å²) in [7, 11) is 3.35. The molecule has 2 unspecified atom stereocenters. The predicted octanol–water partition coefficient (Wildman–Crippen LogP) is 4.63. The summed E-state index contributed by atoms with van der Waals surface area (Å²) in [5.41, 5.74) is 19.3. The van der Waals surface area contributed by atoms with E-state index in [1.54, 1.807) is 14.2 Å². The molecule has 0 bridgehead atoms. The fraction of sp³-hybridized carbons (Fsp3) is 0.400. The van der Waals surface area contributed by atoms with Crippen LogP contribution in [0.1, 0.15) is 47.2 Å². The number of hydrogen-bond acceptors (Lipinski definition) is 4. The molecule has 136 valence electrons. The Morgan fingerprint density at radius 2 is 1.54 bits per heavy atom. The number of fused-ring (bicyclic) bond motifs is 2. The molecule has 0 spiro atoms. The molecule has 2 N–H and O–H groups in total. The molecular formula is C20H24N4O2. The summed E-state index contributed by atoms with van der Waals surface area (Å²) in [5, 5.41) is 3.76. The molecule has 6 heteroatoms. The summed E-state index contributed by atoms with van der Waals surface area (Å²) in [4.78, 5) is 2.85. The zero-order chi connectivity index (χ0) is 18.5. The molecule has 6 nitrogen and oxygen atoms in total. The number of aryl methyl sites for hydroxylation is 2. The third kappa shape index (κ3) is 3.77. The third-order valence-electron chi connectivity index (χ3n) is 5.06. The number of benzene rings is 2. The van der Waals surface area contributed by atoms with Crippen LogP contribution < -0.4 is 15.2 Å². The average Bonchev–Trinajstić information content (AvgIpc) is 3.25. The Hall–Kier alpha value is -2.69. The van der Waals surface area contributed by atoms with Crippen molar-refractivity contribution in [3.8, 4) is 11.5 Å². The summed E-state index contributed by atoms with van der Waals surface area (Å²) in [6.45, 7) is 0. The number of azide groups is 1. The standard InChI is InChI=1S/C10H11N3O.C10H13NO/c1-14-8-3-4-9-7(6-8)2-5-10(9)12-13-11;1-12-8-3-4-9-7(6-8)2-5-10(9)11/h3-4,6,10H,2,5H2,1H3;3-4,6,10H,2,5,11H2,1H3. The lowest BCUT2D eigenvalue weighted by Crippen LogP contribution is -2.04. The molecule has 2 aliphatic rings. The van der Waals surface area contributed by atoms with Crippen molar-refractivity contribution in [2.24, 2.45) is 10.8 Å². The van der Waals surface area contributed by atoms with Gasteiger partial charge >= 0.3 is 0 Å². The van der Waals surface area contributed by atoms with Gasteiger partial charge in [0.2, 0.25) is 0 Å². The van der Waals surface area contributed by atoms with Crippen LogP contribution in [0.5, 0.6) is 11.5 Å². The van der Waals surface area contributed by atoms with Crippen molar-refractivity contribution in [2.75, 3.05) is 14.2 Å². The van der Waals surface area contributed by atoms with Crippen LogP contribution in [0.25, 0.3) is 10.4 Å². The minimum absolute atomic E-state index is 0.0147. The van der Waals surface area contributed by atoms with Gasteiger partial charge < -0.3 is 15.2 Å². The molecule has 2 aromatic rings. The highest BCUT2D eigenvalue weighted by Crippen LogP contribution is 2.36. The van der Waals surface area contributed by atoms with Crippen molar-refractivity contribution in [3.05, 3.63) is 69.1 Å². The van der Waals surface area contributed by atoms with Crippen LogP contribution in [0.3, 0.4) is 0 Å². The van der Waals surface area contributed by atoms with Crippen molar-refractivity contribution in [3.63, 3.8) is 0 Å². The van der Waals surface area contributed by atoms with Gasteiger partial charge in [0.15, 0.2) is 0 Å². The van der Waals surface area contributed by atoms with Crippen LogP contribution in [0, 0.1) is 0 Å². The quantitative estimate of drug-likeness (QED) is 0.495. The Labute approximate surface area is 153 Å².